The Morgan fingerprint density at radius 1 is 0.912 bits per heavy atom. The molecule has 3 amide bonds. The van der Waals surface area contributed by atoms with E-state index in [4.69, 9.17) is 10.8 Å². The fourth-order valence-electron chi connectivity index (χ4n) is 2.92. The average Bonchev–Trinajstić information content (AvgIpc) is 2.79. The zero-order valence-electron chi connectivity index (χ0n) is 19.2. The van der Waals surface area contributed by atoms with E-state index in [0.717, 1.165) is 5.56 Å². The van der Waals surface area contributed by atoms with Crippen LogP contribution in [0.15, 0.2) is 30.3 Å². The van der Waals surface area contributed by atoms with E-state index in [1.807, 2.05) is 6.26 Å². The van der Waals surface area contributed by atoms with Gasteiger partial charge in [0.1, 0.15) is 18.1 Å². The van der Waals surface area contributed by atoms with Crippen molar-refractivity contribution < 1.29 is 34.2 Å². The number of hydrogen-bond donors (Lipinski definition) is 6. The van der Waals surface area contributed by atoms with E-state index in [0.29, 0.717) is 5.75 Å². The highest BCUT2D eigenvalue weighted by Gasteiger charge is 2.29. The van der Waals surface area contributed by atoms with E-state index in [1.54, 1.807) is 30.3 Å². The van der Waals surface area contributed by atoms with Gasteiger partial charge in [0.15, 0.2) is 0 Å². The minimum absolute atomic E-state index is 0.0961. The first-order chi connectivity index (χ1) is 16.0. The summed E-state index contributed by atoms with van der Waals surface area (Å²) in [5.41, 5.74) is 6.40. The minimum Gasteiger partial charge on any atom is -0.481 e. The molecule has 0 heterocycles. The van der Waals surface area contributed by atoms with E-state index < -0.39 is 53.8 Å². The maximum Gasteiger partial charge on any atom is 0.326 e. The second kappa shape index (κ2) is 14.9. The first-order valence-electron chi connectivity index (χ1n) is 10.7. The number of aliphatic carboxylic acids is 2. The van der Waals surface area contributed by atoms with E-state index in [-0.39, 0.29) is 25.7 Å². The summed E-state index contributed by atoms with van der Waals surface area (Å²) >= 11 is 1.45. The van der Waals surface area contributed by atoms with Gasteiger partial charge in [-0.2, -0.15) is 11.8 Å². The van der Waals surface area contributed by atoms with Crippen molar-refractivity contribution in [2.24, 2.45) is 5.73 Å². The largest absolute Gasteiger partial charge is 0.481 e. The smallest absolute Gasteiger partial charge is 0.326 e. The van der Waals surface area contributed by atoms with Crippen molar-refractivity contribution in [3.8, 4) is 0 Å². The number of carboxylic acid groups (broad SMARTS) is 2. The first-order valence-corrected chi connectivity index (χ1v) is 12.1. The highest BCUT2D eigenvalue weighted by molar-refractivity contribution is 7.98. The van der Waals surface area contributed by atoms with E-state index >= 15 is 0 Å². The molecule has 34 heavy (non-hydrogen) atoms. The predicted molar refractivity (Wildman–Crippen MR) is 127 cm³/mol. The Bertz CT molecular complexity index is 853. The van der Waals surface area contributed by atoms with Crippen molar-refractivity contribution in [3.63, 3.8) is 0 Å². The summed E-state index contributed by atoms with van der Waals surface area (Å²) in [7, 11) is 0. The lowest BCUT2D eigenvalue weighted by atomic mass is 10.0. The molecular formula is C22H32N4O7S. The molecule has 0 saturated carbocycles. The Morgan fingerprint density at radius 2 is 1.53 bits per heavy atom. The second-order valence-corrected chi connectivity index (χ2v) is 8.69. The summed E-state index contributed by atoms with van der Waals surface area (Å²) in [6.45, 7) is 1.40. The predicted octanol–water partition coefficient (Wildman–Crippen LogP) is -0.267. The Kier molecular flexibility index (Phi) is 12.7. The Labute approximate surface area is 202 Å². The van der Waals surface area contributed by atoms with Gasteiger partial charge < -0.3 is 31.9 Å². The summed E-state index contributed by atoms with van der Waals surface area (Å²) in [6, 6.07) is 4.49. The van der Waals surface area contributed by atoms with Crippen molar-refractivity contribution in [1.82, 2.24) is 16.0 Å². The highest BCUT2D eigenvalue weighted by atomic mass is 32.2. The van der Waals surface area contributed by atoms with Crippen molar-refractivity contribution >= 4 is 41.4 Å². The number of nitrogens with one attached hydrogen (secondary N) is 3. The lowest BCUT2D eigenvalue weighted by Gasteiger charge is -2.24. The van der Waals surface area contributed by atoms with E-state index in [1.165, 1.54) is 18.7 Å². The molecule has 0 aliphatic rings. The number of nitrogens with two attached hydrogens (primary N) is 1. The molecule has 0 bridgehead atoms. The van der Waals surface area contributed by atoms with Crippen molar-refractivity contribution in [2.45, 2.75) is 56.8 Å². The van der Waals surface area contributed by atoms with Crippen LogP contribution in [0.2, 0.25) is 0 Å². The average molecular weight is 497 g/mol. The summed E-state index contributed by atoms with van der Waals surface area (Å²) in [4.78, 5) is 59.9. The molecule has 12 heteroatoms. The number of carbonyl (C=O) groups excluding carboxylic acids is 3. The third-order valence-corrected chi connectivity index (χ3v) is 5.54. The van der Waals surface area contributed by atoms with Crippen LogP contribution in [0.5, 0.6) is 0 Å². The summed E-state index contributed by atoms with van der Waals surface area (Å²) < 4.78 is 0. The number of hydrogen-bond acceptors (Lipinski definition) is 7. The van der Waals surface area contributed by atoms with Gasteiger partial charge in [0.2, 0.25) is 17.7 Å². The van der Waals surface area contributed by atoms with E-state index in [2.05, 4.69) is 16.0 Å². The number of carboxylic acids is 2. The van der Waals surface area contributed by atoms with Crippen LogP contribution in [-0.2, 0) is 30.4 Å². The number of rotatable bonds is 15. The number of carbonyl (C=O) groups is 5. The monoisotopic (exact) mass is 496 g/mol. The lowest BCUT2D eigenvalue weighted by Crippen LogP contribution is -2.57. The van der Waals surface area contributed by atoms with Gasteiger partial charge in [-0.15, -0.1) is 0 Å². The molecule has 4 unspecified atom stereocenters. The molecule has 0 spiro atoms. The van der Waals surface area contributed by atoms with Crippen molar-refractivity contribution in [2.75, 3.05) is 12.0 Å². The molecule has 4 atom stereocenters. The lowest BCUT2D eigenvalue weighted by molar-refractivity contribution is -0.142. The van der Waals surface area contributed by atoms with Crippen LogP contribution in [-0.4, -0.2) is 76.0 Å². The number of thioether (sulfide) groups is 1. The topological polar surface area (TPSA) is 188 Å². The Hall–Kier alpha value is -3.12. The summed E-state index contributed by atoms with van der Waals surface area (Å²) in [5, 5.41) is 25.6. The summed E-state index contributed by atoms with van der Waals surface area (Å²) in [5.74, 6) is -3.79. The van der Waals surface area contributed by atoms with Crippen LogP contribution in [0, 0.1) is 0 Å². The molecule has 0 radical (unpaired) electrons. The molecule has 188 valence electrons. The number of benzene rings is 1. The van der Waals surface area contributed by atoms with Gasteiger partial charge in [-0.25, -0.2) is 4.79 Å². The van der Waals surface area contributed by atoms with Gasteiger partial charge in [-0.3, -0.25) is 19.2 Å². The fourth-order valence-corrected chi connectivity index (χ4v) is 3.39. The molecule has 0 fully saturated rings. The van der Waals surface area contributed by atoms with Gasteiger partial charge in [-0.05, 0) is 37.3 Å². The second-order valence-electron chi connectivity index (χ2n) is 7.70. The van der Waals surface area contributed by atoms with Crippen molar-refractivity contribution in [1.29, 1.82) is 0 Å². The molecule has 11 nitrogen and oxygen atoms in total. The zero-order chi connectivity index (χ0) is 25.7. The molecule has 0 aliphatic heterocycles. The van der Waals surface area contributed by atoms with Crippen LogP contribution in [0.3, 0.4) is 0 Å². The Morgan fingerprint density at radius 3 is 2.09 bits per heavy atom. The van der Waals surface area contributed by atoms with Crippen LogP contribution >= 0.6 is 11.8 Å². The molecular weight excluding hydrogens is 464 g/mol. The van der Waals surface area contributed by atoms with Crippen LogP contribution in [0.1, 0.15) is 31.7 Å². The molecule has 0 aliphatic carbocycles. The molecule has 0 saturated heterocycles. The van der Waals surface area contributed by atoms with Gasteiger partial charge in [0, 0.05) is 12.8 Å². The normalized spacial score (nSPS) is 14.2. The number of amides is 3. The molecule has 7 N–H and O–H groups in total. The molecule has 1 aromatic carbocycles. The standard InChI is InChI=1S/C22H32N4O7S/c1-13(24-20(30)15(23)8-9-18(27)28)19(29)26-17(12-14-6-4-3-5-7-14)21(31)25-16(22(32)33)10-11-34-2/h3-7,13,15-17H,8-12,23H2,1-2H3,(H,24,30)(H,25,31)(H,26,29)(H,27,28)(H,32,33). The van der Waals surface area contributed by atoms with Crippen LogP contribution in [0.4, 0.5) is 0 Å². The maximum absolute atomic E-state index is 12.9. The third kappa shape index (κ3) is 10.7. The van der Waals surface area contributed by atoms with Gasteiger partial charge in [0.25, 0.3) is 0 Å². The quantitative estimate of drug-likeness (QED) is 0.190. The molecule has 1 aromatic rings. The third-order valence-electron chi connectivity index (χ3n) is 4.90. The molecule has 1 rings (SSSR count). The highest BCUT2D eigenvalue weighted by Crippen LogP contribution is 2.07. The Balaban J connectivity index is 2.88. The maximum atomic E-state index is 12.9. The van der Waals surface area contributed by atoms with Crippen molar-refractivity contribution in [3.05, 3.63) is 35.9 Å². The SMILES string of the molecule is CSCCC(NC(=O)C(Cc1ccccc1)NC(=O)C(C)NC(=O)C(N)CCC(=O)O)C(=O)O. The van der Waals surface area contributed by atoms with Gasteiger partial charge in [0.05, 0.1) is 6.04 Å². The fraction of sp³-hybridized carbons (Fsp3) is 0.500. The summed E-state index contributed by atoms with van der Waals surface area (Å²) in [6.07, 6.45) is 1.75. The zero-order valence-corrected chi connectivity index (χ0v) is 20.0. The minimum atomic E-state index is -1.18. The van der Waals surface area contributed by atoms with Crippen LogP contribution < -0.4 is 21.7 Å². The van der Waals surface area contributed by atoms with Gasteiger partial charge >= 0.3 is 11.9 Å². The van der Waals surface area contributed by atoms with Crippen LogP contribution in [0.25, 0.3) is 0 Å². The van der Waals surface area contributed by atoms with Gasteiger partial charge in [-0.1, -0.05) is 30.3 Å². The first kappa shape index (κ1) is 28.9. The van der Waals surface area contributed by atoms with E-state index in [9.17, 15) is 29.1 Å². The molecule has 0 aromatic heterocycles.